The molecule has 47 heavy (non-hydrogen) atoms. The summed E-state index contributed by atoms with van der Waals surface area (Å²) in [5.41, 5.74) is -1.84. The summed E-state index contributed by atoms with van der Waals surface area (Å²) < 4.78 is 30.1. The molecule has 5 N–H and O–H groups in total. The second kappa shape index (κ2) is 9.84. The monoisotopic (exact) mass is 664 g/mol. The smallest absolute Gasteiger partial charge is 0.430 e. The van der Waals surface area contributed by atoms with Gasteiger partial charge in [0, 0.05) is 16.7 Å². The van der Waals surface area contributed by atoms with Gasteiger partial charge in [0.2, 0.25) is 6.29 Å². The Morgan fingerprint density at radius 1 is 0.872 bits per heavy atom. The van der Waals surface area contributed by atoms with Crippen LogP contribution in [0.1, 0.15) is 99.8 Å². The van der Waals surface area contributed by atoms with E-state index in [1.165, 1.54) is 0 Å². The van der Waals surface area contributed by atoms with Gasteiger partial charge in [-0.15, -0.1) is 0 Å². The van der Waals surface area contributed by atoms with E-state index in [-0.39, 0.29) is 40.3 Å². The summed E-state index contributed by atoms with van der Waals surface area (Å²) in [5.74, 6) is -0.175. The highest BCUT2D eigenvalue weighted by Crippen LogP contribution is 2.90. The molecule has 5 saturated carbocycles. The van der Waals surface area contributed by atoms with Crippen LogP contribution in [0.15, 0.2) is 0 Å². The van der Waals surface area contributed by atoms with Gasteiger partial charge in [-0.2, -0.15) is 0 Å². The molecule has 8 fully saturated rings. The van der Waals surface area contributed by atoms with E-state index in [9.17, 15) is 30.3 Å². The summed E-state index contributed by atoms with van der Waals surface area (Å²) in [6.45, 7) is 14.7. The predicted octanol–water partition coefficient (Wildman–Crippen LogP) is 3.26. The lowest BCUT2D eigenvalue weighted by Gasteiger charge is -2.63. The van der Waals surface area contributed by atoms with Crippen LogP contribution in [0.25, 0.3) is 0 Å². The Hall–Kier alpha value is -1.05. The summed E-state index contributed by atoms with van der Waals surface area (Å²) in [4.78, 5) is 13.0. The normalized spacial score (nSPS) is 58.7. The van der Waals surface area contributed by atoms with Crippen LogP contribution >= 0.6 is 0 Å². The van der Waals surface area contributed by atoms with Crippen LogP contribution in [-0.2, 0) is 23.7 Å². The van der Waals surface area contributed by atoms with Gasteiger partial charge in [-0.3, -0.25) is 0 Å². The lowest BCUT2D eigenvalue weighted by atomic mass is 9.41. The zero-order valence-electron chi connectivity index (χ0n) is 29.0. The van der Waals surface area contributed by atoms with Crippen molar-refractivity contribution in [1.82, 2.24) is 0 Å². The van der Waals surface area contributed by atoms with Crippen molar-refractivity contribution in [3.05, 3.63) is 0 Å². The van der Waals surface area contributed by atoms with Crippen LogP contribution < -0.4 is 0 Å². The highest BCUT2D eigenvalue weighted by atomic mass is 16.8. The fourth-order valence-electron chi connectivity index (χ4n) is 14.0. The molecular weight excluding hydrogens is 608 g/mol. The van der Waals surface area contributed by atoms with Crippen LogP contribution in [0.3, 0.4) is 0 Å². The van der Waals surface area contributed by atoms with Gasteiger partial charge in [-0.25, -0.2) is 4.79 Å². The van der Waals surface area contributed by atoms with Crippen molar-refractivity contribution in [3.8, 4) is 0 Å². The van der Waals surface area contributed by atoms with Crippen molar-refractivity contribution in [2.24, 2.45) is 50.7 Å². The Labute approximate surface area is 277 Å². The standard InChI is InChI=1S/C36H56O11/c1-17-14-19-26(31(4,5)42)47-36(46-19)25(17)32(6)12-13-35-16-34(35)11-10-22(44-29(41)45-27-24(39)23(38)18(37)15-43-27)30(2,3)20(34)8-9-21(35)33(32,7)28(36)40/h17-28,37-40,42H,8-16H2,1-7H3/t17-,18-,19-,20+,21+,22+,23-,24+,25-,26+,27-,28-,32-,33-,34-,35+,36+/m1/s1. The van der Waals surface area contributed by atoms with Gasteiger partial charge in [-0.05, 0) is 99.2 Å². The van der Waals surface area contributed by atoms with Crippen molar-refractivity contribution < 1.29 is 54.0 Å². The van der Waals surface area contributed by atoms with Crippen LogP contribution in [0.5, 0.6) is 0 Å². The molecule has 3 aliphatic heterocycles. The molecule has 17 atom stereocenters. The Morgan fingerprint density at radius 3 is 2.26 bits per heavy atom. The molecular formula is C36H56O11. The number of aliphatic hydroxyl groups is 5. The second-order valence-corrected chi connectivity index (χ2v) is 18.6. The van der Waals surface area contributed by atoms with E-state index in [4.69, 9.17) is 23.7 Å². The molecule has 0 aromatic carbocycles. The molecule has 3 heterocycles. The molecule has 0 unspecified atom stereocenters. The van der Waals surface area contributed by atoms with E-state index in [1.54, 1.807) is 13.8 Å². The minimum atomic E-state index is -1.57. The maximum absolute atomic E-state index is 13.0. The Kier molecular flexibility index (Phi) is 6.93. The molecule has 11 heteroatoms. The van der Waals surface area contributed by atoms with Crippen LogP contribution in [0, 0.1) is 50.7 Å². The first-order chi connectivity index (χ1) is 21.8. The molecule has 3 saturated heterocycles. The van der Waals surface area contributed by atoms with Crippen molar-refractivity contribution in [2.45, 2.75) is 160 Å². The first-order valence-corrected chi connectivity index (χ1v) is 18.1. The summed E-state index contributed by atoms with van der Waals surface area (Å²) in [6, 6.07) is 0. The van der Waals surface area contributed by atoms with Crippen molar-refractivity contribution >= 4 is 6.16 Å². The second-order valence-electron chi connectivity index (χ2n) is 18.6. The Morgan fingerprint density at radius 2 is 1.55 bits per heavy atom. The summed E-state index contributed by atoms with van der Waals surface area (Å²) in [7, 11) is 0. The number of hydrogen-bond donors (Lipinski definition) is 5. The fraction of sp³-hybridized carbons (Fsp3) is 0.972. The first-order valence-electron chi connectivity index (χ1n) is 18.1. The fourth-order valence-corrected chi connectivity index (χ4v) is 14.0. The molecule has 8 rings (SSSR count). The quantitative estimate of drug-likeness (QED) is 0.282. The van der Waals surface area contributed by atoms with Gasteiger partial charge in [0.15, 0.2) is 5.79 Å². The van der Waals surface area contributed by atoms with Crippen LogP contribution in [-0.4, -0.2) is 98.7 Å². The van der Waals surface area contributed by atoms with Crippen molar-refractivity contribution in [1.29, 1.82) is 0 Å². The molecule has 0 amide bonds. The molecule has 3 spiro atoms. The van der Waals surface area contributed by atoms with E-state index in [0.29, 0.717) is 24.2 Å². The summed E-state index contributed by atoms with van der Waals surface area (Å²) >= 11 is 0. The minimum Gasteiger partial charge on any atom is -0.430 e. The zero-order chi connectivity index (χ0) is 33.9. The Bertz CT molecular complexity index is 1320. The number of ether oxygens (including phenoxy) is 5. The van der Waals surface area contributed by atoms with Crippen LogP contribution in [0.2, 0.25) is 0 Å². The molecule has 266 valence electrons. The molecule has 8 aliphatic rings. The van der Waals surface area contributed by atoms with E-state index in [1.807, 2.05) is 0 Å². The van der Waals surface area contributed by atoms with E-state index in [0.717, 1.165) is 44.9 Å². The number of aliphatic hydroxyl groups excluding tert-OH is 4. The van der Waals surface area contributed by atoms with Crippen molar-refractivity contribution in [2.75, 3.05) is 6.61 Å². The number of carbonyl (C=O) groups is 1. The number of hydrogen-bond acceptors (Lipinski definition) is 11. The van der Waals surface area contributed by atoms with E-state index in [2.05, 4.69) is 34.6 Å². The lowest BCUT2D eigenvalue weighted by molar-refractivity contribution is -0.282. The third-order valence-corrected chi connectivity index (χ3v) is 16.0. The average molecular weight is 665 g/mol. The molecule has 2 bridgehead atoms. The maximum Gasteiger partial charge on any atom is 0.510 e. The van der Waals surface area contributed by atoms with Gasteiger partial charge >= 0.3 is 6.16 Å². The molecule has 0 aromatic heterocycles. The molecule has 11 nitrogen and oxygen atoms in total. The Balaban J connectivity index is 1.04. The predicted molar refractivity (Wildman–Crippen MR) is 165 cm³/mol. The van der Waals surface area contributed by atoms with Crippen molar-refractivity contribution in [3.63, 3.8) is 0 Å². The highest BCUT2D eigenvalue weighted by Gasteiger charge is 2.88. The molecule has 5 aliphatic carbocycles. The minimum absolute atomic E-state index is 0.0333. The number of carbonyl (C=O) groups excluding carboxylic acids is 1. The zero-order valence-corrected chi connectivity index (χ0v) is 29.0. The first kappa shape index (κ1) is 33.1. The van der Waals surface area contributed by atoms with Gasteiger partial charge in [-0.1, -0.05) is 34.6 Å². The third-order valence-electron chi connectivity index (χ3n) is 16.0. The average Bonchev–Trinajstić information content (AvgIpc) is 3.50. The third kappa shape index (κ3) is 3.89. The van der Waals surface area contributed by atoms with Gasteiger partial charge in [0.05, 0.1) is 18.3 Å². The van der Waals surface area contributed by atoms with Gasteiger partial charge in [0.25, 0.3) is 0 Å². The maximum atomic E-state index is 13.0. The topological polar surface area (TPSA) is 164 Å². The SMILES string of the molecule is C[C@@H]1C[C@H]2O[C@@]3(O[C@@H]2C(C)(C)O)[C@H](O)[C@@]2(C)[C@@H]4CC[C@H]5C(C)(C)[C@@H](OC(=O)O[C@H]6OC[C@@H](O)[C@@H](O)[C@@H]6O)CC[C@@]56C[C@@]46CC[C@]2(C)[C@@H]13. The number of fused-ring (bicyclic) bond motifs is 4. The summed E-state index contributed by atoms with van der Waals surface area (Å²) in [6.07, 6.45) is -1.05. The van der Waals surface area contributed by atoms with Gasteiger partial charge < -0.3 is 49.2 Å². The number of rotatable bonds is 3. The highest BCUT2D eigenvalue weighted by molar-refractivity contribution is 5.60. The lowest BCUT2D eigenvalue weighted by Crippen LogP contribution is -2.60. The van der Waals surface area contributed by atoms with E-state index < -0.39 is 65.9 Å². The largest absolute Gasteiger partial charge is 0.510 e. The van der Waals surface area contributed by atoms with Crippen LogP contribution in [0.4, 0.5) is 4.79 Å². The van der Waals surface area contributed by atoms with Gasteiger partial charge in [0.1, 0.15) is 36.6 Å². The molecule has 0 aromatic rings. The summed E-state index contributed by atoms with van der Waals surface area (Å²) in [5, 5.41) is 53.7. The molecule has 0 radical (unpaired) electrons. The van der Waals surface area contributed by atoms with E-state index >= 15 is 0 Å².